The van der Waals surface area contributed by atoms with Crippen LogP contribution < -0.4 is 25.3 Å². The van der Waals surface area contributed by atoms with Crippen LogP contribution in [0.25, 0.3) is 0 Å². The number of carbonyl (C=O) groups excluding carboxylic acids is 1. The summed E-state index contributed by atoms with van der Waals surface area (Å²) in [4.78, 5) is 33.0. The summed E-state index contributed by atoms with van der Waals surface area (Å²) in [5, 5.41) is 8.42. The Hall–Kier alpha value is -3.24. The highest BCUT2D eigenvalue weighted by molar-refractivity contribution is 7.16. The van der Waals surface area contributed by atoms with Crippen molar-refractivity contribution in [2.75, 3.05) is 59.8 Å². The molecule has 33 heavy (non-hydrogen) atoms. The van der Waals surface area contributed by atoms with Gasteiger partial charge in [0.2, 0.25) is 5.95 Å². The van der Waals surface area contributed by atoms with Crippen molar-refractivity contribution in [3.8, 4) is 0 Å². The number of aromatic nitrogens is 3. The molecule has 9 nitrogen and oxygen atoms in total. The van der Waals surface area contributed by atoms with Crippen molar-refractivity contribution in [3.05, 3.63) is 40.7 Å². The Morgan fingerprint density at radius 2 is 1.97 bits per heavy atom. The number of thiazole rings is 1. The molecule has 1 fully saturated rings. The fourth-order valence-corrected chi connectivity index (χ4v) is 5.19. The Kier molecular flexibility index (Phi) is 5.63. The number of piperazine rings is 1. The molecule has 0 radical (unpaired) electrons. The van der Waals surface area contributed by atoms with Crippen molar-refractivity contribution in [2.24, 2.45) is 0 Å². The third-order valence-corrected chi connectivity index (χ3v) is 7.13. The molecular formula is C23H28N8OS. The van der Waals surface area contributed by atoms with Gasteiger partial charge in [0.25, 0.3) is 5.91 Å². The van der Waals surface area contributed by atoms with Gasteiger partial charge in [0.15, 0.2) is 11.5 Å². The summed E-state index contributed by atoms with van der Waals surface area (Å²) in [6.07, 6.45) is 1.72. The molecule has 0 atom stereocenters. The Labute approximate surface area is 197 Å². The lowest BCUT2D eigenvalue weighted by Gasteiger charge is -2.30. The highest BCUT2D eigenvalue weighted by Gasteiger charge is 2.33. The van der Waals surface area contributed by atoms with Crippen LogP contribution in [-0.2, 0) is 0 Å². The fourth-order valence-electron chi connectivity index (χ4n) is 4.32. The van der Waals surface area contributed by atoms with Crippen molar-refractivity contribution < 1.29 is 4.79 Å². The van der Waals surface area contributed by atoms with Crippen LogP contribution in [0, 0.1) is 13.8 Å². The molecule has 0 unspecified atom stereocenters. The number of fused-ring (bicyclic) bond motifs is 2. The van der Waals surface area contributed by atoms with Crippen molar-refractivity contribution in [2.45, 2.75) is 20.8 Å². The van der Waals surface area contributed by atoms with Gasteiger partial charge < -0.3 is 25.3 Å². The number of hydrogen-bond donors (Lipinski definition) is 2. The minimum Gasteiger partial charge on any atom is -0.369 e. The minimum atomic E-state index is -0.119. The number of amides is 1. The number of nitrogens with zero attached hydrogens (tertiary/aromatic N) is 6. The van der Waals surface area contributed by atoms with E-state index in [-0.39, 0.29) is 5.91 Å². The van der Waals surface area contributed by atoms with E-state index >= 15 is 0 Å². The normalized spacial score (nSPS) is 15.9. The summed E-state index contributed by atoms with van der Waals surface area (Å²) in [5.74, 6) is 1.05. The molecule has 1 amide bonds. The third-order valence-electron chi connectivity index (χ3n) is 6.08. The van der Waals surface area contributed by atoms with Crippen LogP contribution in [0.2, 0.25) is 0 Å². The third kappa shape index (κ3) is 3.89. The molecule has 1 aromatic carbocycles. The zero-order valence-electron chi connectivity index (χ0n) is 19.3. The quantitative estimate of drug-likeness (QED) is 0.607. The van der Waals surface area contributed by atoms with Crippen molar-refractivity contribution in [1.29, 1.82) is 0 Å². The molecule has 2 aliphatic heterocycles. The molecule has 172 valence electrons. The number of hydrogen-bond acceptors (Lipinski definition) is 9. The van der Waals surface area contributed by atoms with E-state index in [9.17, 15) is 4.79 Å². The largest absolute Gasteiger partial charge is 0.369 e. The summed E-state index contributed by atoms with van der Waals surface area (Å²) < 4.78 is 0. The zero-order chi connectivity index (χ0) is 23.1. The van der Waals surface area contributed by atoms with E-state index < -0.39 is 0 Å². The number of carbonyl (C=O) groups is 1. The second kappa shape index (κ2) is 8.60. The fraction of sp³-hybridized carbons (Fsp3) is 0.391. The van der Waals surface area contributed by atoms with Gasteiger partial charge in [-0.25, -0.2) is 9.97 Å². The minimum absolute atomic E-state index is 0.119. The Balaban J connectivity index is 1.47. The molecule has 4 heterocycles. The summed E-state index contributed by atoms with van der Waals surface area (Å²) in [5.41, 5.74) is 4.47. The standard InChI is InChI=1S/C23H28N8OS/c1-5-31-18-13-25-23(28-20(18)29(4)22-19(21(31)32)26-15(3)33-22)27-17-7-6-16(12-14(17)2)30-10-8-24-9-11-30/h6-7,12-13,24H,5,8-11H2,1-4H3,(H,25,27,28). The number of nitrogens with one attached hydrogen (secondary N) is 2. The van der Waals surface area contributed by atoms with E-state index in [4.69, 9.17) is 4.98 Å². The second-order valence-corrected chi connectivity index (χ2v) is 9.44. The first-order valence-electron chi connectivity index (χ1n) is 11.2. The van der Waals surface area contributed by atoms with Gasteiger partial charge in [0.05, 0.1) is 11.2 Å². The van der Waals surface area contributed by atoms with Gasteiger partial charge in [-0.05, 0) is 44.5 Å². The first-order valence-corrected chi connectivity index (χ1v) is 12.0. The lowest BCUT2D eigenvalue weighted by Crippen LogP contribution is -2.43. The van der Waals surface area contributed by atoms with E-state index in [0.717, 1.165) is 47.4 Å². The van der Waals surface area contributed by atoms with Crippen LogP contribution in [0.4, 0.5) is 33.8 Å². The summed E-state index contributed by atoms with van der Waals surface area (Å²) in [7, 11) is 1.92. The molecule has 1 saturated heterocycles. The van der Waals surface area contributed by atoms with Crippen LogP contribution >= 0.6 is 11.3 Å². The van der Waals surface area contributed by atoms with Crippen LogP contribution in [0.5, 0.6) is 0 Å². The van der Waals surface area contributed by atoms with Crippen LogP contribution in [-0.4, -0.2) is 60.6 Å². The van der Waals surface area contributed by atoms with E-state index in [1.54, 1.807) is 11.1 Å². The van der Waals surface area contributed by atoms with E-state index in [2.05, 4.69) is 50.6 Å². The Bertz CT molecular complexity index is 1200. The SMILES string of the molecule is CCN1C(=O)c2nc(C)sc2N(C)c2nc(Nc3ccc(N4CCNCC4)cc3C)ncc21. The maximum Gasteiger partial charge on any atom is 0.280 e. The van der Waals surface area contributed by atoms with Crippen LogP contribution in [0.15, 0.2) is 24.4 Å². The average Bonchev–Trinajstić information content (AvgIpc) is 3.20. The van der Waals surface area contributed by atoms with Gasteiger partial charge >= 0.3 is 0 Å². The predicted octanol–water partition coefficient (Wildman–Crippen LogP) is 3.45. The maximum atomic E-state index is 13.1. The highest BCUT2D eigenvalue weighted by Crippen LogP contribution is 2.41. The van der Waals surface area contributed by atoms with E-state index in [1.165, 1.54) is 17.0 Å². The zero-order valence-corrected chi connectivity index (χ0v) is 20.2. The Morgan fingerprint density at radius 1 is 1.18 bits per heavy atom. The molecule has 10 heteroatoms. The molecular weight excluding hydrogens is 436 g/mol. The van der Waals surface area contributed by atoms with E-state index in [0.29, 0.717) is 29.7 Å². The molecule has 2 aliphatic rings. The number of rotatable bonds is 4. The number of anilines is 6. The van der Waals surface area contributed by atoms with Gasteiger partial charge in [-0.2, -0.15) is 4.98 Å². The van der Waals surface area contributed by atoms with Crippen molar-refractivity contribution in [3.63, 3.8) is 0 Å². The van der Waals surface area contributed by atoms with Gasteiger partial charge in [0, 0.05) is 51.1 Å². The van der Waals surface area contributed by atoms with Gasteiger partial charge in [-0.1, -0.05) is 0 Å². The van der Waals surface area contributed by atoms with Gasteiger partial charge in [-0.15, -0.1) is 11.3 Å². The lowest BCUT2D eigenvalue weighted by molar-refractivity contribution is 0.0985. The molecule has 3 aromatic rings. The summed E-state index contributed by atoms with van der Waals surface area (Å²) >= 11 is 1.50. The molecule has 0 bridgehead atoms. The molecule has 5 rings (SSSR count). The highest BCUT2D eigenvalue weighted by atomic mass is 32.1. The van der Waals surface area contributed by atoms with Crippen molar-refractivity contribution >= 4 is 51.1 Å². The maximum absolute atomic E-state index is 13.1. The van der Waals surface area contributed by atoms with Gasteiger partial charge in [0.1, 0.15) is 10.7 Å². The number of aryl methyl sites for hydroxylation is 2. The monoisotopic (exact) mass is 464 g/mol. The first-order chi connectivity index (χ1) is 16.0. The summed E-state index contributed by atoms with van der Waals surface area (Å²) in [6, 6.07) is 6.42. The van der Waals surface area contributed by atoms with Gasteiger partial charge in [-0.3, -0.25) is 4.79 Å². The molecule has 2 aromatic heterocycles. The smallest absolute Gasteiger partial charge is 0.280 e. The molecule has 0 aliphatic carbocycles. The van der Waals surface area contributed by atoms with E-state index in [1.807, 2.05) is 25.8 Å². The Morgan fingerprint density at radius 3 is 2.70 bits per heavy atom. The average molecular weight is 465 g/mol. The lowest BCUT2D eigenvalue weighted by atomic mass is 10.1. The summed E-state index contributed by atoms with van der Waals surface area (Å²) in [6.45, 7) is 10.5. The van der Waals surface area contributed by atoms with Crippen LogP contribution in [0.1, 0.15) is 28.0 Å². The molecule has 0 spiro atoms. The topological polar surface area (TPSA) is 89.5 Å². The predicted molar refractivity (Wildman–Crippen MR) is 134 cm³/mol. The second-order valence-electron chi connectivity index (χ2n) is 8.26. The van der Waals surface area contributed by atoms with Crippen LogP contribution in [0.3, 0.4) is 0 Å². The molecule has 2 N–H and O–H groups in total. The first kappa shape index (κ1) is 21.6. The number of benzene rings is 1. The van der Waals surface area contributed by atoms with Crippen molar-refractivity contribution in [1.82, 2.24) is 20.3 Å². The molecule has 0 saturated carbocycles.